The van der Waals surface area contributed by atoms with Crippen LogP contribution in [0.2, 0.25) is 0 Å². The van der Waals surface area contributed by atoms with E-state index in [1.165, 1.54) is 18.0 Å². The number of aromatic nitrogens is 2. The number of imidazole rings is 1. The van der Waals surface area contributed by atoms with Gasteiger partial charge in [0, 0.05) is 12.7 Å². The van der Waals surface area contributed by atoms with Gasteiger partial charge in [-0.1, -0.05) is 0 Å². The van der Waals surface area contributed by atoms with E-state index in [0.717, 1.165) is 0 Å². The molecule has 0 unspecified atom stereocenters. The molecular formula is C10H8N4O2. The van der Waals surface area contributed by atoms with E-state index in [-0.39, 0.29) is 5.69 Å². The highest BCUT2D eigenvalue weighted by Crippen LogP contribution is 2.17. The van der Waals surface area contributed by atoms with Crippen LogP contribution in [0.3, 0.4) is 0 Å². The largest absolute Gasteiger partial charge is 0.329 e. The van der Waals surface area contributed by atoms with Crippen molar-refractivity contribution in [1.82, 2.24) is 9.97 Å². The van der Waals surface area contributed by atoms with Crippen molar-refractivity contribution in [2.45, 2.75) is 0 Å². The van der Waals surface area contributed by atoms with Gasteiger partial charge in [-0.2, -0.15) is 5.26 Å². The van der Waals surface area contributed by atoms with Gasteiger partial charge in [-0.05, 0) is 18.2 Å². The summed E-state index contributed by atoms with van der Waals surface area (Å²) in [5.41, 5.74) is 1.50. The number of fused-ring (bicyclic) bond motifs is 1. The molecule has 0 saturated heterocycles. The third-order valence-electron chi connectivity index (χ3n) is 2.29. The van der Waals surface area contributed by atoms with Gasteiger partial charge in [0.1, 0.15) is 0 Å². The Kier molecular flexibility index (Phi) is 2.21. The van der Waals surface area contributed by atoms with Crippen LogP contribution in [-0.2, 0) is 4.79 Å². The Labute approximate surface area is 90.1 Å². The molecule has 2 N–H and O–H groups in total. The zero-order valence-electron chi connectivity index (χ0n) is 8.44. The third-order valence-corrected chi connectivity index (χ3v) is 2.29. The molecule has 0 radical (unpaired) electrons. The van der Waals surface area contributed by atoms with E-state index in [4.69, 9.17) is 5.26 Å². The fourth-order valence-electron chi connectivity index (χ4n) is 1.42. The second-order valence-corrected chi connectivity index (χ2v) is 3.28. The van der Waals surface area contributed by atoms with Crippen molar-refractivity contribution in [2.75, 3.05) is 11.9 Å². The van der Waals surface area contributed by atoms with Gasteiger partial charge < -0.3 is 14.9 Å². The van der Waals surface area contributed by atoms with Crippen LogP contribution in [0.4, 0.5) is 5.69 Å². The van der Waals surface area contributed by atoms with E-state index < -0.39 is 5.91 Å². The quantitative estimate of drug-likeness (QED) is 0.673. The first-order valence-electron chi connectivity index (χ1n) is 4.51. The minimum Gasteiger partial charge on any atom is -0.306 e. The van der Waals surface area contributed by atoms with Gasteiger partial charge >= 0.3 is 11.6 Å². The number of hydrogen-bond acceptors (Lipinski definition) is 3. The predicted molar refractivity (Wildman–Crippen MR) is 57.9 cm³/mol. The molecule has 80 valence electrons. The molecular weight excluding hydrogens is 208 g/mol. The van der Waals surface area contributed by atoms with Gasteiger partial charge in [0.05, 0.1) is 11.0 Å². The number of nitriles is 1. The first kappa shape index (κ1) is 9.98. The van der Waals surface area contributed by atoms with Crippen LogP contribution in [0.25, 0.3) is 11.0 Å². The normalized spacial score (nSPS) is 10.0. The molecule has 6 nitrogen and oxygen atoms in total. The van der Waals surface area contributed by atoms with Crippen molar-refractivity contribution < 1.29 is 4.79 Å². The number of rotatable bonds is 1. The topological polar surface area (TPSA) is 92.8 Å². The summed E-state index contributed by atoms with van der Waals surface area (Å²) in [5, 5.41) is 8.48. The molecule has 2 aromatic rings. The molecule has 0 aliphatic heterocycles. The molecule has 2 rings (SSSR count). The number of H-pyrrole nitrogens is 2. The maximum atomic E-state index is 11.1. The average molecular weight is 216 g/mol. The number of carbonyl (C=O) groups excluding carboxylic acids is 1. The molecule has 0 fully saturated rings. The van der Waals surface area contributed by atoms with Crippen LogP contribution in [-0.4, -0.2) is 22.9 Å². The van der Waals surface area contributed by atoms with Crippen molar-refractivity contribution >= 4 is 22.6 Å². The van der Waals surface area contributed by atoms with Gasteiger partial charge in [0.25, 0.3) is 0 Å². The number of anilines is 1. The van der Waals surface area contributed by atoms with Gasteiger partial charge in [-0.25, -0.2) is 4.79 Å². The Morgan fingerprint density at radius 2 is 2.06 bits per heavy atom. The molecule has 1 aromatic carbocycles. The van der Waals surface area contributed by atoms with E-state index in [0.29, 0.717) is 16.7 Å². The maximum Gasteiger partial charge on any atom is 0.329 e. The van der Waals surface area contributed by atoms with Crippen molar-refractivity contribution in [3.8, 4) is 6.07 Å². The Morgan fingerprint density at radius 1 is 1.38 bits per heavy atom. The third kappa shape index (κ3) is 1.54. The molecule has 1 amide bonds. The smallest absolute Gasteiger partial charge is 0.306 e. The first-order valence-corrected chi connectivity index (χ1v) is 4.51. The van der Waals surface area contributed by atoms with Gasteiger partial charge in [-0.15, -0.1) is 0 Å². The second-order valence-electron chi connectivity index (χ2n) is 3.28. The van der Waals surface area contributed by atoms with Crippen molar-refractivity contribution in [2.24, 2.45) is 0 Å². The van der Waals surface area contributed by atoms with Gasteiger partial charge in [0.2, 0.25) is 0 Å². The summed E-state index contributed by atoms with van der Waals surface area (Å²) in [4.78, 5) is 28.5. The summed E-state index contributed by atoms with van der Waals surface area (Å²) >= 11 is 0. The van der Waals surface area contributed by atoms with Gasteiger partial charge in [0.15, 0.2) is 6.07 Å². The lowest BCUT2D eigenvalue weighted by molar-refractivity contribution is -0.113. The number of carbonyl (C=O) groups is 1. The average Bonchev–Trinajstić information content (AvgIpc) is 2.65. The van der Waals surface area contributed by atoms with E-state index in [1.54, 1.807) is 18.2 Å². The minimum absolute atomic E-state index is 0.304. The lowest BCUT2D eigenvalue weighted by atomic mass is 10.2. The highest BCUT2D eigenvalue weighted by atomic mass is 16.2. The summed E-state index contributed by atoms with van der Waals surface area (Å²) in [5.74, 6) is -0.655. The Morgan fingerprint density at radius 3 is 2.75 bits per heavy atom. The summed E-state index contributed by atoms with van der Waals surface area (Å²) in [6, 6.07) is 6.48. The highest BCUT2D eigenvalue weighted by molar-refractivity contribution is 6.04. The number of aromatic amines is 2. The molecule has 0 bridgehead atoms. The number of benzene rings is 1. The van der Waals surface area contributed by atoms with Crippen molar-refractivity contribution in [3.63, 3.8) is 0 Å². The predicted octanol–water partition coefficient (Wildman–Crippen LogP) is 0.343. The van der Waals surface area contributed by atoms with E-state index in [9.17, 15) is 9.59 Å². The summed E-state index contributed by atoms with van der Waals surface area (Å²) in [6.07, 6.45) is 0. The number of hydrogen-bond donors (Lipinski definition) is 2. The maximum absolute atomic E-state index is 11.1. The zero-order chi connectivity index (χ0) is 11.7. The number of amides is 1. The number of nitrogens with one attached hydrogen (secondary N) is 2. The summed E-state index contributed by atoms with van der Waals surface area (Å²) in [7, 11) is 1.50. The minimum atomic E-state index is -0.655. The van der Waals surface area contributed by atoms with Gasteiger partial charge in [-0.3, -0.25) is 4.79 Å². The molecule has 16 heavy (non-hydrogen) atoms. The van der Waals surface area contributed by atoms with Crippen molar-refractivity contribution in [1.29, 1.82) is 5.26 Å². The van der Waals surface area contributed by atoms with Crippen LogP contribution in [0, 0.1) is 11.3 Å². The van der Waals surface area contributed by atoms with Crippen LogP contribution in [0.15, 0.2) is 23.0 Å². The molecule has 0 atom stereocenters. The summed E-state index contributed by atoms with van der Waals surface area (Å²) < 4.78 is 0. The Bertz CT molecular complexity index is 647. The van der Waals surface area contributed by atoms with Crippen LogP contribution >= 0.6 is 0 Å². The molecule has 0 aliphatic carbocycles. The molecule has 0 spiro atoms. The standard InChI is InChI=1S/C10H8N4O2/c1-14(9(15)5-11)6-2-3-7-8(4-6)13-10(16)12-7/h2-4H,1H3,(H2,12,13,16). The first-order chi connectivity index (χ1) is 7.61. The highest BCUT2D eigenvalue weighted by Gasteiger charge is 2.10. The van der Waals surface area contributed by atoms with Crippen LogP contribution < -0.4 is 10.6 Å². The second kappa shape index (κ2) is 3.55. The van der Waals surface area contributed by atoms with Crippen LogP contribution in [0.5, 0.6) is 0 Å². The Balaban J connectivity index is 2.51. The SMILES string of the molecule is CN(C(=O)C#N)c1ccc2[nH]c(=O)[nH]c2c1. The molecule has 6 heteroatoms. The Hall–Kier alpha value is -2.55. The van der Waals surface area contributed by atoms with E-state index in [2.05, 4.69) is 9.97 Å². The molecule has 0 aliphatic rings. The number of nitrogens with zero attached hydrogens (tertiary/aromatic N) is 2. The van der Waals surface area contributed by atoms with Crippen LogP contribution in [0.1, 0.15) is 0 Å². The monoisotopic (exact) mass is 216 g/mol. The summed E-state index contributed by atoms with van der Waals surface area (Å²) in [6.45, 7) is 0. The van der Waals surface area contributed by atoms with E-state index >= 15 is 0 Å². The fourth-order valence-corrected chi connectivity index (χ4v) is 1.42. The molecule has 1 aromatic heterocycles. The lowest BCUT2D eigenvalue weighted by Gasteiger charge is -2.12. The lowest BCUT2D eigenvalue weighted by Crippen LogP contribution is -2.24. The van der Waals surface area contributed by atoms with Crippen molar-refractivity contribution in [3.05, 3.63) is 28.7 Å². The fraction of sp³-hybridized carbons (Fsp3) is 0.100. The zero-order valence-corrected chi connectivity index (χ0v) is 8.44. The molecule has 0 saturated carbocycles. The van der Waals surface area contributed by atoms with E-state index in [1.807, 2.05) is 0 Å². The molecule has 1 heterocycles.